The van der Waals surface area contributed by atoms with E-state index in [9.17, 15) is 8.42 Å². The summed E-state index contributed by atoms with van der Waals surface area (Å²) in [6.07, 6.45) is 1.56. The summed E-state index contributed by atoms with van der Waals surface area (Å²) in [7, 11) is -3.40. The minimum Gasteiger partial charge on any atom is -0.317 e. The molecule has 1 aromatic carbocycles. The highest BCUT2D eigenvalue weighted by Gasteiger charge is 2.31. The van der Waals surface area contributed by atoms with Crippen molar-refractivity contribution in [3.8, 4) is 6.07 Å². The van der Waals surface area contributed by atoms with Crippen molar-refractivity contribution in [3.63, 3.8) is 0 Å². The molecular weight excluding hydrogens is 274 g/mol. The molecule has 0 aliphatic carbocycles. The first-order valence-electron chi connectivity index (χ1n) is 6.64. The lowest BCUT2D eigenvalue weighted by atomic mass is 9.92. The van der Waals surface area contributed by atoms with Crippen molar-refractivity contribution in [1.29, 1.82) is 5.26 Å². The second-order valence-corrected chi connectivity index (χ2v) is 7.21. The summed E-state index contributed by atoms with van der Waals surface area (Å²) in [4.78, 5) is 0. The zero-order chi connectivity index (χ0) is 14.6. The van der Waals surface area contributed by atoms with E-state index in [4.69, 9.17) is 5.26 Å². The van der Waals surface area contributed by atoms with Crippen molar-refractivity contribution in [2.24, 2.45) is 0 Å². The van der Waals surface area contributed by atoms with Gasteiger partial charge >= 0.3 is 0 Å². The molecule has 1 saturated heterocycles. The summed E-state index contributed by atoms with van der Waals surface area (Å²) in [6, 6.07) is 8.73. The highest BCUT2D eigenvalue weighted by Crippen LogP contribution is 2.19. The summed E-state index contributed by atoms with van der Waals surface area (Å²) in [5.41, 5.74) is 0.733. The van der Waals surface area contributed by atoms with E-state index in [0.717, 1.165) is 25.9 Å². The summed E-state index contributed by atoms with van der Waals surface area (Å²) in [6.45, 7) is 3.59. The number of piperidine rings is 1. The van der Waals surface area contributed by atoms with Gasteiger partial charge in [0.1, 0.15) is 0 Å². The predicted octanol–water partition coefficient (Wildman–Crippen LogP) is 1.12. The van der Waals surface area contributed by atoms with Crippen LogP contribution in [0.4, 0.5) is 0 Å². The Hall–Kier alpha value is -1.42. The molecule has 1 aliphatic heterocycles. The second kappa shape index (κ2) is 5.92. The fourth-order valence-corrected chi connectivity index (χ4v) is 4.09. The molecule has 2 rings (SSSR count). The first kappa shape index (κ1) is 15.0. The lowest BCUT2D eigenvalue weighted by Gasteiger charge is -2.34. The van der Waals surface area contributed by atoms with Gasteiger partial charge in [0.05, 0.1) is 17.4 Å². The number of benzene rings is 1. The van der Waals surface area contributed by atoms with Gasteiger partial charge in [-0.15, -0.1) is 0 Å². The van der Waals surface area contributed by atoms with Gasteiger partial charge in [0.25, 0.3) is 0 Å². The third kappa shape index (κ3) is 4.04. The van der Waals surface area contributed by atoms with Crippen LogP contribution in [0, 0.1) is 11.3 Å². The van der Waals surface area contributed by atoms with Crippen molar-refractivity contribution < 1.29 is 8.42 Å². The van der Waals surface area contributed by atoms with Crippen LogP contribution in [-0.4, -0.2) is 27.0 Å². The Kier molecular flexibility index (Phi) is 4.43. The number of nitriles is 1. The maximum absolute atomic E-state index is 12.3. The molecule has 0 atom stereocenters. The van der Waals surface area contributed by atoms with Crippen molar-refractivity contribution in [3.05, 3.63) is 35.4 Å². The minimum absolute atomic E-state index is 0.0917. The first-order chi connectivity index (χ1) is 9.42. The molecule has 0 amide bonds. The molecular formula is C14H19N3O2S. The summed E-state index contributed by atoms with van der Waals surface area (Å²) >= 11 is 0. The monoisotopic (exact) mass is 293 g/mol. The van der Waals surface area contributed by atoms with Crippen LogP contribution in [-0.2, 0) is 15.8 Å². The van der Waals surface area contributed by atoms with E-state index >= 15 is 0 Å². The largest absolute Gasteiger partial charge is 0.317 e. The van der Waals surface area contributed by atoms with Gasteiger partial charge in [-0.25, -0.2) is 13.1 Å². The van der Waals surface area contributed by atoms with Gasteiger partial charge < -0.3 is 5.32 Å². The predicted molar refractivity (Wildman–Crippen MR) is 77.4 cm³/mol. The average Bonchev–Trinajstić information content (AvgIpc) is 2.37. The number of rotatable bonds is 4. The molecule has 0 aromatic heterocycles. The first-order valence-corrected chi connectivity index (χ1v) is 8.29. The molecule has 0 saturated carbocycles. The Balaban J connectivity index is 2.09. The van der Waals surface area contributed by atoms with Crippen LogP contribution >= 0.6 is 0 Å². The topological polar surface area (TPSA) is 82.0 Å². The van der Waals surface area contributed by atoms with E-state index in [1.54, 1.807) is 24.3 Å². The van der Waals surface area contributed by atoms with E-state index in [0.29, 0.717) is 11.1 Å². The molecule has 0 spiro atoms. The summed E-state index contributed by atoms with van der Waals surface area (Å²) in [5.74, 6) is -0.0917. The molecule has 1 fully saturated rings. The van der Waals surface area contributed by atoms with Gasteiger partial charge in [-0.2, -0.15) is 5.26 Å². The molecule has 0 bridgehead atoms. The van der Waals surface area contributed by atoms with Crippen LogP contribution < -0.4 is 10.0 Å². The molecule has 0 unspecified atom stereocenters. The zero-order valence-corrected chi connectivity index (χ0v) is 12.3. The van der Waals surface area contributed by atoms with Gasteiger partial charge in [-0.05, 0) is 50.6 Å². The van der Waals surface area contributed by atoms with Crippen LogP contribution in [0.5, 0.6) is 0 Å². The molecule has 20 heavy (non-hydrogen) atoms. The van der Waals surface area contributed by atoms with E-state index in [2.05, 4.69) is 10.0 Å². The van der Waals surface area contributed by atoms with Crippen molar-refractivity contribution in [2.75, 3.05) is 13.1 Å². The van der Waals surface area contributed by atoms with Crippen LogP contribution in [0.25, 0.3) is 0 Å². The quantitative estimate of drug-likeness (QED) is 0.871. The van der Waals surface area contributed by atoms with Crippen LogP contribution in [0.2, 0.25) is 0 Å². The Morgan fingerprint density at radius 1 is 1.40 bits per heavy atom. The Bertz CT molecular complexity index is 614. The van der Waals surface area contributed by atoms with Crippen LogP contribution in [0.15, 0.2) is 24.3 Å². The maximum Gasteiger partial charge on any atom is 0.216 e. The minimum atomic E-state index is -3.40. The molecule has 1 aliphatic rings. The normalized spacial score (nSPS) is 18.4. The SMILES string of the molecule is CC1(NS(=O)(=O)Cc2cccc(C#N)c2)CCNCC1. The zero-order valence-electron chi connectivity index (χ0n) is 11.5. The van der Waals surface area contributed by atoms with Crippen LogP contribution in [0.3, 0.4) is 0 Å². The lowest BCUT2D eigenvalue weighted by Crippen LogP contribution is -2.52. The number of nitrogens with zero attached hydrogens (tertiary/aromatic N) is 1. The Morgan fingerprint density at radius 3 is 2.75 bits per heavy atom. The maximum atomic E-state index is 12.3. The highest BCUT2D eigenvalue weighted by atomic mass is 32.2. The Morgan fingerprint density at radius 2 is 2.10 bits per heavy atom. The highest BCUT2D eigenvalue weighted by molar-refractivity contribution is 7.88. The van der Waals surface area contributed by atoms with E-state index < -0.39 is 10.0 Å². The smallest absolute Gasteiger partial charge is 0.216 e. The van der Waals surface area contributed by atoms with E-state index in [1.165, 1.54) is 0 Å². The number of sulfonamides is 1. The molecule has 5 nitrogen and oxygen atoms in total. The molecule has 1 heterocycles. The van der Waals surface area contributed by atoms with Gasteiger partial charge in [0.15, 0.2) is 0 Å². The molecule has 6 heteroatoms. The number of nitrogens with one attached hydrogen (secondary N) is 2. The third-order valence-corrected chi connectivity index (χ3v) is 5.04. The van der Waals surface area contributed by atoms with Gasteiger partial charge in [0.2, 0.25) is 10.0 Å². The standard InChI is InChI=1S/C14H19N3O2S/c1-14(5-7-16-8-6-14)17-20(18,19)11-13-4-2-3-12(9-13)10-15/h2-4,9,16-17H,5-8,11H2,1H3. The summed E-state index contributed by atoms with van der Waals surface area (Å²) < 4.78 is 27.3. The fourth-order valence-electron chi connectivity index (χ4n) is 2.44. The molecule has 0 radical (unpaired) electrons. The lowest BCUT2D eigenvalue weighted by molar-refractivity contribution is 0.308. The number of hydrogen-bond acceptors (Lipinski definition) is 4. The van der Waals surface area contributed by atoms with Crippen molar-refractivity contribution in [2.45, 2.75) is 31.1 Å². The van der Waals surface area contributed by atoms with Crippen molar-refractivity contribution in [1.82, 2.24) is 10.0 Å². The molecule has 1 aromatic rings. The van der Waals surface area contributed by atoms with Gasteiger partial charge in [0, 0.05) is 5.54 Å². The van der Waals surface area contributed by atoms with Crippen LogP contribution in [0.1, 0.15) is 30.9 Å². The molecule has 108 valence electrons. The van der Waals surface area contributed by atoms with Crippen molar-refractivity contribution >= 4 is 10.0 Å². The van der Waals surface area contributed by atoms with Gasteiger partial charge in [-0.1, -0.05) is 12.1 Å². The van der Waals surface area contributed by atoms with Gasteiger partial charge in [-0.3, -0.25) is 0 Å². The second-order valence-electron chi connectivity index (χ2n) is 5.48. The summed E-state index contributed by atoms with van der Waals surface area (Å²) in [5, 5.41) is 12.1. The number of hydrogen-bond donors (Lipinski definition) is 2. The third-order valence-electron chi connectivity index (χ3n) is 3.52. The Labute approximate surface area is 120 Å². The fraction of sp³-hybridized carbons (Fsp3) is 0.500. The van der Waals surface area contributed by atoms with E-state index in [-0.39, 0.29) is 11.3 Å². The molecule has 2 N–H and O–H groups in total. The van der Waals surface area contributed by atoms with E-state index in [1.807, 2.05) is 13.0 Å². The average molecular weight is 293 g/mol.